The van der Waals surface area contributed by atoms with E-state index in [1.54, 1.807) is 18.5 Å². The van der Waals surface area contributed by atoms with Gasteiger partial charge in [0.2, 0.25) is 0 Å². The molecule has 0 radical (unpaired) electrons. The van der Waals surface area contributed by atoms with Gasteiger partial charge >= 0.3 is 0 Å². The molecule has 1 atom stereocenters. The van der Waals surface area contributed by atoms with Crippen LogP contribution in [0, 0.1) is 18.6 Å². The fourth-order valence-corrected chi connectivity index (χ4v) is 1.86. The standard InChI is InChI=1S/C13H13F2N3/c1-8-4-5-17-7-11(8)13(18-16)10-6-9(14)2-3-12(10)15/h2-7,13,18H,16H2,1H3. The molecule has 18 heavy (non-hydrogen) atoms. The number of rotatable bonds is 3. The van der Waals surface area contributed by atoms with E-state index in [1.165, 1.54) is 0 Å². The summed E-state index contributed by atoms with van der Waals surface area (Å²) in [4.78, 5) is 3.98. The molecule has 0 spiro atoms. The average Bonchev–Trinajstić information content (AvgIpc) is 2.36. The maximum absolute atomic E-state index is 13.7. The van der Waals surface area contributed by atoms with Crippen LogP contribution in [0.2, 0.25) is 0 Å². The lowest BCUT2D eigenvalue weighted by Crippen LogP contribution is -2.30. The van der Waals surface area contributed by atoms with Crippen LogP contribution >= 0.6 is 0 Å². The molecule has 0 bridgehead atoms. The molecule has 1 unspecified atom stereocenters. The summed E-state index contributed by atoms with van der Waals surface area (Å²) in [6.07, 6.45) is 3.22. The van der Waals surface area contributed by atoms with Crippen LogP contribution in [0.15, 0.2) is 36.7 Å². The van der Waals surface area contributed by atoms with Gasteiger partial charge in [-0.05, 0) is 42.3 Å². The SMILES string of the molecule is Cc1ccncc1C(NN)c1cc(F)ccc1F. The molecule has 94 valence electrons. The quantitative estimate of drug-likeness (QED) is 0.647. The van der Waals surface area contributed by atoms with Gasteiger partial charge in [0.05, 0.1) is 6.04 Å². The highest BCUT2D eigenvalue weighted by Crippen LogP contribution is 2.26. The summed E-state index contributed by atoms with van der Waals surface area (Å²) in [6, 6.07) is 4.45. The van der Waals surface area contributed by atoms with Crippen LogP contribution in [0.1, 0.15) is 22.7 Å². The Hall–Kier alpha value is -1.85. The Morgan fingerprint density at radius 2 is 2.00 bits per heavy atom. The molecule has 0 aliphatic heterocycles. The van der Waals surface area contributed by atoms with Crippen LogP contribution in [0.25, 0.3) is 0 Å². The largest absolute Gasteiger partial charge is 0.271 e. The van der Waals surface area contributed by atoms with E-state index in [9.17, 15) is 8.78 Å². The number of nitrogens with one attached hydrogen (secondary N) is 1. The molecular weight excluding hydrogens is 236 g/mol. The van der Waals surface area contributed by atoms with Crippen LogP contribution in [-0.2, 0) is 0 Å². The van der Waals surface area contributed by atoms with Crippen molar-refractivity contribution in [3.63, 3.8) is 0 Å². The zero-order valence-corrected chi connectivity index (χ0v) is 9.82. The van der Waals surface area contributed by atoms with E-state index in [4.69, 9.17) is 5.84 Å². The number of hydrazine groups is 1. The van der Waals surface area contributed by atoms with E-state index in [0.29, 0.717) is 5.56 Å². The first-order chi connectivity index (χ1) is 8.63. The fourth-order valence-electron chi connectivity index (χ4n) is 1.86. The molecule has 0 saturated heterocycles. The van der Waals surface area contributed by atoms with Crippen molar-refractivity contribution < 1.29 is 8.78 Å². The normalized spacial score (nSPS) is 12.4. The van der Waals surface area contributed by atoms with E-state index in [2.05, 4.69) is 10.4 Å². The molecule has 2 rings (SSSR count). The van der Waals surface area contributed by atoms with Crippen molar-refractivity contribution in [1.29, 1.82) is 0 Å². The highest BCUT2D eigenvalue weighted by molar-refractivity contribution is 5.35. The lowest BCUT2D eigenvalue weighted by molar-refractivity contribution is 0.544. The van der Waals surface area contributed by atoms with E-state index in [-0.39, 0.29) is 5.56 Å². The Balaban J connectivity index is 2.52. The van der Waals surface area contributed by atoms with Crippen LogP contribution in [0.4, 0.5) is 8.78 Å². The van der Waals surface area contributed by atoms with Gasteiger partial charge in [0, 0.05) is 18.0 Å². The third-order valence-corrected chi connectivity index (χ3v) is 2.83. The number of aryl methyl sites for hydroxylation is 1. The lowest BCUT2D eigenvalue weighted by atomic mass is 9.97. The predicted molar refractivity (Wildman–Crippen MR) is 64.5 cm³/mol. The van der Waals surface area contributed by atoms with Crippen molar-refractivity contribution >= 4 is 0 Å². The number of aromatic nitrogens is 1. The van der Waals surface area contributed by atoms with Gasteiger partial charge in [-0.15, -0.1) is 0 Å². The number of hydrogen-bond donors (Lipinski definition) is 2. The van der Waals surface area contributed by atoms with E-state index < -0.39 is 17.7 Å². The van der Waals surface area contributed by atoms with Crippen LogP contribution in [0.3, 0.4) is 0 Å². The monoisotopic (exact) mass is 249 g/mol. The molecule has 0 aliphatic rings. The van der Waals surface area contributed by atoms with Crippen LogP contribution in [0.5, 0.6) is 0 Å². The molecule has 3 nitrogen and oxygen atoms in total. The molecule has 2 aromatic rings. The summed E-state index contributed by atoms with van der Waals surface area (Å²) < 4.78 is 27.0. The van der Waals surface area contributed by atoms with Gasteiger partial charge in [-0.3, -0.25) is 10.8 Å². The average molecular weight is 249 g/mol. The molecule has 0 fully saturated rings. The van der Waals surface area contributed by atoms with E-state index >= 15 is 0 Å². The molecule has 5 heteroatoms. The number of hydrogen-bond acceptors (Lipinski definition) is 3. The van der Waals surface area contributed by atoms with Crippen molar-refractivity contribution in [2.24, 2.45) is 5.84 Å². The molecule has 1 heterocycles. The molecule has 0 amide bonds. The van der Waals surface area contributed by atoms with Gasteiger partial charge < -0.3 is 0 Å². The second-order valence-electron chi connectivity index (χ2n) is 4.00. The smallest absolute Gasteiger partial charge is 0.128 e. The Kier molecular flexibility index (Phi) is 3.64. The summed E-state index contributed by atoms with van der Waals surface area (Å²) in [5, 5.41) is 0. The van der Waals surface area contributed by atoms with Crippen LogP contribution < -0.4 is 11.3 Å². The van der Waals surface area contributed by atoms with E-state index in [0.717, 1.165) is 23.8 Å². The minimum atomic E-state index is -0.630. The first-order valence-corrected chi connectivity index (χ1v) is 5.45. The Morgan fingerprint density at radius 3 is 2.67 bits per heavy atom. The highest BCUT2D eigenvalue weighted by atomic mass is 19.1. The first-order valence-electron chi connectivity index (χ1n) is 5.45. The molecule has 1 aromatic carbocycles. The van der Waals surface area contributed by atoms with Crippen molar-refractivity contribution in [2.75, 3.05) is 0 Å². The molecule has 1 aromatic heterocycles. The maximum Gasteiger partial charge on any atom is 0.128 e. The van der Waals surface area contributed by atoms with Gasteiger partial charge in [0.25, 0.3) is 0 Å². The van der Waals surface area contributed by atoms with Gasteiger partial charge in [-0.2, -0.15) is 0 Å². The highest BCUT2D eigenvalue weighted by Gasteiger charge is 2.19. The van der Waals surface area contributed by atoms with Gasteiger partial charge in [0.15, 0.2) is 0 Å². The minimum Gasteiger partial charge on any atom is -0.271 e. The second kappa shape index (κ2) is 5.20. The fraction of sp³-hybridized carbons (Fsp3) is 0.154. The zero-order valence-electron chi connectivity index (χ0n) is 9.82. The van der Waals surface area contributed by atoms with Crippen molar-refractivity contribution in [1.82, 2.24) is 10.4 Å². The third kappa shape index (κ3) is 2.37. The van der Waals surface area contributed by atoms with Gasteiger partial charge in [-0.1, -0.05) is 0 Å². The molecule has 0 aliphatic carbocycles. The molecular formula is C13H13F2N3. The third-order valence-electron chi connectivity index (χ3n) is 2.83. The number of benzene rings is 1. The number of pyridine rings is 1. The summed E-state index contributed by atoms with van der Waals surface area (Å²) in [5.74, 6) is 4.44. The number of nitrogens with two attached hydrogens (primary N) is 1. The predicted octanol–water partition coefficient (Wildman–Crippen LogP) is 2.22. The van der Waals surface area contributed by atoms with E-state index in [1.807, 2.05) is 6.92 Å². The van der Waals surface area contributed by atoms with Crippen molar-refractivity contribution in [3.8, 4) is 0 Å². The summed E-state index contributed by atoms with van der Waals surface area (Å²) in [7, 11) is 0. The molecule has 0 saturated carbocycles. The van der Waals surface area contributed by atoms with Gasteiger partial charge in [0.1, 0.15) is 11.6 Å². The number of halogens is 2. The molecule has 3 N–H and O–H groups in total. The topological polar surface area (TPSA) is 50.9 Å². The summed E-state index contributed by atoms with van der Waals surface area (Å²) >= 11 is 0. The van der Waals surface area contributed by atoms with Gasteiger partial charge in [-0.25, -0.2) is 14.2 Å². The zero-order chi connectivity index (χ0) is 13.1. The van der Waals surface area contributed by atoms with Crippen molar-refractivity contribution in [3.05, 3.63) is 65.0 Å². The maximum atomic E-state index is 13.7. The Labute approximate surface area is 104 Å². The second-order valence-corrected chi connectivity index (χ2v) is 4.00. The summed E-state index contributed by atoms with van der Waals surface area (Å²) in [5.41, 5.74) is 4.27. The first kappa shape index (κ1) is 12.6. The minimum absolute atomic E-state index is 0.161. The lowest BCUT2D eigenvalue weighted by Gasteiger charge is -2.19. The Bertz CT molecular complexity index is 558. The summed E-state index contributed by atoms with van der Waals surface area (Å²) in [6.45, 7) is 1.86. The van der Waals surface area contributed by atoms with Crippen LogP contribution in [-0.4, -0.2) is 4.98 Å². The van der Waals surface area contributed by atoms with Crippen molar-refractivity contribution in [2.45, 2.75) is 13.0 Å². The number of nitrogens with zero attached hydrogens (tertiary/aromatic N) is 1. The Morgan fingerprint density at radius 1 is 1.22 bits per heavy atom.